The van der Waals surface area contributed by atoms with Gasteiger partial charge < -0.3 is 15.2 Å². The van der Waals surface area contributed by atoms with Gasteiger partial charge in [-0.25, -0.2) is 0 Å². The molecular weight excluding hydrogens is 392 g/mol. The molecule has 7 heteroatoms. The lowest BCUT2D eigenvalue weighted by Crippen LogP contribution is -2.12. The zero-order valence-corrected chi connectivity index (χ0v) is 17.4. The number of rotatable bonds is 7. The quantitative estimate of drug-likeness (QED) is 0.473. The second kappa shape index (κ2) is 8.97. The zero-order valence-electron chi connectivity index (χ0n) is 17.4. The molecule has 158 valence electrons. The first kappa shape index (κ1) is 20.6. The van der Waals surface area contributed by atoms with Gasteiger partial charge in [0.15, 0.2) is 0 Å². The summed E-state index contributed by atoms with van der Waals surface area (Å²) in [5.74, 6) is 0.510. The Hall–Kier alpha value is -3.71. The van der Waals surface area contributed by atoms with Gasteiger partial charge in [0.05, 0.1) is 36.7 Å². The first-order valence-electron chi connectivity index (χ1n) is 10.1. The minimum Gasteiger partial charge on any atom is -0.491 e. The minimum atomic E-state index is -0.216. The van der Waals surface area contributed by atoms with Gasteiger partial charge in [-0.1, -0.05) is 12.1 Å². The van der Waals surface area contributed by atoms with Crippen LogP contribution in [0, 0.1) is 0 Å². The van der Waals surface area contributed by atoms with Crippen LogP contribution in [0.2, 0.25) is 0 Å². The molecule has 2 aromatic heterocycles. The summed E-state index contributed by atoms with van der Waals surface area (Å²) in [6.45, 7) is 4.38. The largest absolute Gasteiger partial charge is 0.491 e. The normalized spacial score (nSPS) is 11.1. The van der Waals surface area contributed by atoms with E-state index in [1.807, 2.05) is 44.3 Å². The van der Waals surface area contributed by atoms with Crippen molar-refractivity contribution < 1.29 is 14.6 Å². The summed E-state index contributed by atoms with van der Waals surface area (Å²) in [6, 6.07) is 14.7. The number of hydrogen-bond donors (Lipinski definition) is 2. The van der Waals surface area contributed by atoms with E-state index >= 15 is 0 Å². The Morgan fingerprint density at radius 3 is 2.71 bits per heavy atom. The highest BCUT2D eigenvalue weighted by Crippen LogP contribution is 2.31. The Labute approximate surface area is 180 Å². The Kier molecular flexibility index (Phi) is 5.95. The summed E-state index contributed by atoms with van der Waals surface area (Å²) in [5, 5.41) is 17.3. The topological polar surface area (TPSA) is 89.3 Å². The number of ether oxygens (including phenoxy) is 1. The van der Waals surface area contributed by atoms with E-state index in [9.17, 15) is 4.79 Å². The second-order valence-electron chi connectivity index (χ2n) is 7.42. The highest BCUT2D eigenvalue weighted by Gasteiger charge is 2.13. The molecule has 2 aromatic carbocycles. The van der Waals surface area contributed by atoms with E-state index in [0.717, 1.165) is 22.3 Å². The average Bonchev–Trinajstić information content (AvgIpc) is 3.22. The van der Waals surface area contributed by atoms with Crippen LogP contribution in [-0.2, 0) is 6.54 Å². The summed E-state index contributed by atoms with van der Waals surface area (Å²) in [6.07, 6.45) is 5.44. The number of nitrogens with one attached hydrogen (secondary N) is 1. The molecule has 0 aliphatic rings. The van der Waals surface area contributed by atoms with Gasteiger partial charge >= 0.3 is 0 Å². The van der Waals surface area contributed by atoms with Crippen molar-refractivity contribution in [1.29, 1.82) is 0 Å². The number of anilines is 1. The van der Waals surface area contributed by atoms with Crippen molar-refractivity contribution >= 4 is 22.5 Å². The predicted molar refractivity (Wildman–Crippen MR) is 120 cm³/mol. The third kappa shape index (κ3) is 4.57. The molecule has 0 saturated carbocycles. The van der Waals surface area contributed by atoms with Crippen LogP contribution in [0.3, 0.4) is 0 Å². The van der Waals surface area contributed by atoms with Gasteiger partial charge in [0.1, 0.15) is 5.75 Å². The van der Waals surface area contributed by atoms with Crippen LogP contribution in [0.15, 0.2) is 67.1 Å². The fourth-order valence-corrected chi connectivity index (χ4v) is 3.41. The van der Waals surface area contributed by atoms with Crippen molar-refractivity contribution in [2.45, 2.75) is 26.5 Å². The number of aliphatic hydroxyl groups is 1. The molecule has 4 rings (SSSR count). The van der Waals surface area contributed by atoms with Gasteiger partial charge in [-0.15, -0.1) is 0 Å². The number of nitrogens with zero attached hydrogens (tertiary/aromatic N) is 3. The molecule has 1 amide bonds. The van der Waals surface area contributed by atoms with E-state index in [0.29, 0.717) is 23.3 Å². The van der Waals surface area contributed by atoms with Crippen LogP contribution in [0.1, 0.15) is 24.2 Å². The lowest BCUT2D eigenvalue weighted by atomic mass is 10.0. The highest BCUT2D eigenvalue weighted by atomic mass is 16.5. The molecule has 0 fully saturated rings. The van der Waals surface area contributed by atoms with Crippen LogP contribution < -0.4 is 10.1 Å². The van der Waals surface area contributed by atoms with E-state index < -0.39 is 0 Å². The van der Waals surface area contributed by atoms with Gasteiger partial charge in [-0.05, 0) is 55.8 Å². The van der Waals surface area contributed by atoms with Crippen molar-refractivity contribution in [3.63, 3.8) is 0 Å². The van der Waals surface area contributed by atoms with Gasteiger partial charge in [0, 0.05) is 28.9 Å². The monoisotopic (exact) mass is 416 g/mol. The average molecular weight is 416 g/mol. The first-order chi connectivity index (χ1) is 15.0. The molecule has 0 atom stereocenters. The minimum absolute atomic E-state index is 0.0268. The number of para-hydroxylation sites is 1. The van der Waals surface area contributed by atoms with Gasteiger partial charge in [-0.2, -0.15) is 5.10 Å². The molecule has 0 unspecified atom stereocenters. The van der Waals surface area contributed by atoms with E-state index in [1.165, 1.54) is 0 Å². The SMILES string of the molecule is CC(C)Oc1ccc(C(=O)Nc2cccc3c(-c4cnn(CCO)c4)ccnc23)cc1. The summed E-state index contributed by atoms with van der Waals surface area (Å²) >= 11 is 0. The number of aliphatic hydroxyl groups excluding tert-OH is 1. The van der Waals surface area contributed by atoms with E-state index in [2.05, 4.69) is 15.4 Å². The Bertz CT molecular complexity index is 1200. The maximum Gasteiger partial charge on any atom is 0.255 e. The van der Waals surface area contributed by atoms with E-state index in [4.69, 9.17) is 9.84 Å². The van der Waals surface area contributed by atoms with E-state index in [1.54, 1.807) is 41.3 Å². The zero-order chi connectivity index (χ0) is 21.8. The first-order valence-corrected chi connectivity index (χ1v) is 10.1. The number of aromatic nitrogens is 3. The van der Waals surface area contributed by atoms with Crippen molar-refractivity contribution in [2.24, 2.45) is 0 Å². The maximum absolute atomic E-state index is 12.8. The van der Waals surface area contributed by atoms with E-state index in [-0.39, 0.29) is 18.6 Å². The molecule has 0 spiro atoms. The van der Waals surface area contributed by atoms with Gasteiger partial charge in [-0.3, -0.25) is 14.5 Å². The van der Waals surface area contributed by atoms with Crippen molar-refractivity contribution in [1.82, 2.24) is 14.8 Å². The van der Waals surface area contributed by atoms with Crippen LogP contribution in [-0.4, -0.2) is 38.5 Å². The lowest BCUT2D eigenvalue weighted by Gasteiger charge is -2.12. The highest BCUT2D eigenvalue weighted by molar-refractivity contribution is 6.10. The van der Waals surface area contributed by atoms with Gasteiger partial charge in [0.25, 0.3) is 5.91 Å². The second-order valence-corrected chi connectivity index (χ2v) is 7.42. The molecule has 31 heavy (non-hydrogen) atoms. The Morgan fingerprint density at radius 2 is 1.97 bits per heavy atom. The number of amides is 1. The fourth-order valence-electron chi connectivity index (χ4n) is 3.41. The molecule has 2 N–H and O–H groups in total. The fraction of sp³-hybridized carbons (Fsp3) is 0.208. The predicted octanol–water partition coefficient (Wildman–Crippen LogP) is 4.13. The van der Waals surface area contributed by atoms with Crippen LogP contribution in [0.25, 0.3) is 22.0 Å². The van der Waals surface area contributed by atoms with Crippen molar-refractivity contribution in [2.75, 3.05) is 11.9 Å². The summed E-state index contributed by atoms with van der Waals surface area (Å²) in [4.78, 5) is 17.3. The summed E-state index contributed by atoms with van der Waals surface area (Å²) in [5.41, 5.74) is 3.75. The molecule has 7 nitrogen and oxygen atoms in total. The number of pyridine rings is 1. The molecule has 0 aliphatic carbocycles. The molecule has 0 aliphatic heterocycles. The molecular formula is C24H24N4O3. The van der Waals surface area contributed by atoms with Gasteiger partial charge in [0.2, 0.25) is 0 Å². The number of hydrogen-bond acceptors (Lipinski definition) is 5. The summed E-state index contributed by atoms with van der Waals surface area (Å²) in [7, 11) is 0. The van der Waals surface area contributed by atoms with Crippen LogP contribution >= 0.6 is 0 Å². The third-order valence-corrected chi connectivity index (χ3v) is 4.78. The third-order valence-electron chi connectivity index (χ3n) is 4.78. The molecule has 4 aromatic rings. The maximum atomic E-state index is 12.8. The van der Waals surface area contributed by atoms with Crippen LogP contribution in [0.4, 0.5) is 5.69 Å². The van der Waals surface area contributed by atoms with Crippen LogP contribution in [0.5, 0.6) is 5.75 Å². The van der Waals surface area contributed by atoms with Crippen molar-refractivity contribution in [3.05, 3.63) is 72.7 Å². The molecule has 0 bridgehead atoms. The number of carbonyl (C=O) groups is 1. The smallest absolute Gasteiger partial charge is 0.255 e. The Morgan fingerprint density at radius 1 is 1.16 bits per heavy atom. The number of fused-ring (bicyclic) bond motifs is 1. The summed E-state index contributed by atoms with van der Waals surface area (Å²) < 4.78 is 7.33. The molecule has 0 radical (unpaired) electrons. The standard InChI is InChI=1S/C24H24N4O3/c1-16(2)31-19-8-6-17(7-9-19)24(30)27-22-5-3-4-21-20(10-11-25-23(21)22)18-14-26-28(15-18)12-13-29/h3-11,14-16,29H,12-13H2,1-2H3,(H,27,30). The molecule has 2 heterocycles. The molecule has 0 saturated heterocycles. The Balaban J connectivity index is 1.62. The number of benzene rings is 2. The lowest BCUT2D eigenvalue weighted by molar-refractivity contribution is 0.102. The number of carbonyl (C=O) groups excluding carboxylic acids is 1. The van der Waals surface area contributed by atoms with Crippen molar-refractivity contribution in [3.8, 4) is 16.9 Å².